The molecule has 0 spiro atoms. The predicted molar refractivity (Wildman–Crippen MR) is 57.5 cm³/mol. The Kier molecular flexibility index (Phi) is 3.81. The minimum Gasteiger partial charge on any atom is -0.211 e. The van der Waals surface area contributed by atoms with E-state index in [1.54, 1.807) is 17.8 Å². The highest BCUT2D eigenvalue weighted by Gasteiger charge is 2.34. The standard InChI is InChI=1S/C8H14N2O2S2/c1-7(5-9)14(11,12)10-4-3-8(6-10)13-2/h7-8H,3-4,6H2,1-2H3. The van der Waals surface area contributed by atoms with E-state index in [1.165, 1.54) is 11.2 Å². The van der Waals surface area contributed by atoms with Gasteiger partial charge in [0.05, 0.1) is 6.07 Å². The van der Waals surface area contributed by atoms with Crippen molar-refractivity contribution < 1.29 is 8.42 Å². The lowest BCUT2D eigenvalue weighted by atomic mass is 10.4. The van der Waals surface area contributed by atoms with Crippen LogP contribution in [0.5, 0.6) is 0 Å². The molecule has 80 valence electrons. The van der Waals surface area contributed by atoms with E-state index in [2.05, 4.69) is 0 Å². The van der Waals surface area contributed by atoms with Gasteiger partial charge in [0, 0.05) is 18.3 Å². The van der Waals surface area contributed by atoms with Gasteiger partial charge in [-0.2, -0.15) is 21.3 Å². The van der Waals surface area contributed by atoms with Gasteiger partial charge in [0.2, 0.25) is 10.0 Å². The van der Waals surface area contributed by atoms with E-state index >= 15 is 0 Å². The molecule has 1 rings (SSSR count). The lowest BCUT2D eigenvalue weighted by molar-refractivity contribution is 0.474. The molecule has 6 heteroatoms. The zero-order chi connectivity index (χ0) is 10.8. The van der Waals surface area contributed by atoms with Gasteiger partial charge < -0.3 is 0 Å². The Morgan fingerprint density at radius 2 is 2.29 bits per heavy atom. The van der Waals surface area contributed by atoms with Gasteiger partial charge in [-0.25, -0.2) is 8.42 Å². The molecule has 1 fully saturated rings. The molecule has 1 aliphatic heterocycles. The quantitative estimate of drug-likeness (QED) is 0.720. The Morgan fingerprint density at radius 3 is 2.71 bits per heavy atom. The molecule has 0 aromatic rings. The number of hydrogen-bond donors (Lipinski definition) is 0. The number of nitrogens with zero attached hydrogens (tertiary/aromatic N) is 2. The third-order valence-corrected chi connectivity index (χ3v) is 5.53. The van der Waals surface area contributed by atoms with Crippen molar-refractivity contribution in [3.8, 4) is 6.07 Å². The van der Waals surface area contributed by atoms with Crippen LogP contribution in [0.1, 0.15) is 13.3 Å². The van der Waals surface area contributed by atoms with Crippen LogP contribution in [0.4, 0.5) is 0 Å². The number of rotatable bonds is 3. The van der Waals surface area contributed by atoms with Crippen molar-refractivity contribution in [1.82, 2.24) is 4.31 Å². The van der Waals surface area contributed by atoms with Crippen LogP contribution in [-0.4, -0.2) is 42.6 Å². The molecule has 0 saturated carbocycles. The molecule has 0 amide bonds. The van der Waals surface area contributed by atoms with Gasteiger partial charge in [-0.15, -0.1) is 0 Å². The Balaban J connectivity index is 2.73. The summed E-state index contributed by atoms with van der Waals surface area (Å²) < 4.78 is 24.9. The van der Waals surface area contributed by atoms with E-state index in [1.807, 2.05) is 6.26 Å². The van der Waals surface area contributed by atoms with Crippen LogP contribution in [0.2, 0.25) is 0 Å². The van der Waals surface area contributed by atoms with Crippen molar-refractivity contribution in [1.29, 1.82) is 5.26 Å². The number of nitriles is 1. The number of thioether (sulfide) groups is 1. The van der Waals surface area contributed by atoms with Gasteiger partial charge in [-0.3, -0.25) is 0 Å². The molecule has 0 radical (unpaired) electrons. The van der Waals surface area contributed by atoms with Gasteiger partial charge in [0.25, 0.3) is 0 Å². The zero-order valence-electron chi connectivity index (χ0n) is 8.30. The normalized spacial score (nSPS) is 25.9. The molecular formula is C8H14N2O2S2. The molecular weight excluding hydrogens is 220 g/mol. The molecule has 0 N–H and O–H groups in total. The van der Waals surface area contributed by atoms with Gasteiger partial charge >= 0.3 is 0 Å². The molecule has 1 aliphatic rings. The fourth-order valence-corrected chi connectivity index (χ4v) is 3.50. The Morgan fingerprint density at radius 1 is 1.64 bits per heavy atom. The van der Waals surface area contributed by atoms with Crippen LogP contribution in [-0.2, 0) is 10.0 Å². The highest BCUT2D eigenvalue weighted by atomic mass is 32.2. The summed E-state index contributed by atoms with van der Waals surface area (Å²) in [6, 6.07) is 1.78. The number of hydrogen-bond acceptors (Lipinski definition) is 4. The van der Waals surface area contributed by atoms with Crippen molar-refractivity contribution in [2.24, 2.45) is 0 Å². The van der Waals surface area contributed by atoms with E-state index in [0.29, 0.717) is 18.3 Å². The molecule has 2 unspecified atom stereocenters. The second kappa shape index (κ2) is 4.51. The smallest absolute Gasteiger partial charge is 0.211 e. The number of sulfonamides is 1. The average molecular weight is 234 g/mol. The first-order chi connectivity index (χ1) is 6.52. The molecule has 1 saturated heterocycles. The van der Waals surface area contributed by atoms with Crippen molar-refractivity contribution in [3.05, 3.63) is 0 Å². The summed E-state index contributed by atoms with van der Waals surface area (Å²) in [6.07, 6.45) is 2.87. The van der Waals surface area contributed by atoms with Crippen molar-refractivity contribution >= 4 is 21.8 Å². The molecule has 14 heavy (non-hydrogen) atoms. The maximum atomic E-state index is 11.7. The summed E-state index contributed by atoms with van der Waals surface area (Å²) in [5, 5.41) is 8.05. The molecule has 0 aliphatic carbocycles. The van der Waals surface area contributed by atoms with Crippen LogP contribution in [0, 0.1) is 11.3 Å². The van der Waals surface area contributed by atoms with Crippen molar-refractivity contribution in [3.63, 3.8) is 0 Å². The highest BCUT2D eigenvalue weighted by molar-refractivity contribution is 7.99. The van der Waals surface area contributed by atoms with Gasteiger partial charge in [0.15, 0.2) is 5.25 Å². The molecule has 0 aromatic carbocycles. The fraction of sp³-hybridized carbons (Fsp3) is 0.875. The summed E-state index contributed by atoms with van der Waals surface area (Å²) in [6.45, 7) is 2.54. The van der Waals surface area contributed by atoms with Crippen molar-refractivity contribution in [2.75, 3.05) is 19.3 Å². The van der Waals surface area contributed by atoms with Crippen LogP contribution in [0.25, 0.3) is 0 Å². The maximum absolute atomic E-state index is 11.7. The minimum atomic E-state index is -3.37. The molecule has 0 aromatic heterocycles. The summed E-state index contributed by atoms with van der Waals surface area (Å²) in [5.41, 5.74) is 0. The van der Waals surface area contributed by atoms with Gasteiger partial charge in [-0.05, 0) is 19.6 Å². The summed E-state index contributed by atoms with van der Waals surface area (Å²) in [4.78, 5) is 0. The third kappa shape index (κ3) is 2.22. The van der Waals surface area contributed by atoms with E-state index in [0.717, 1.165) is 6.42 Å². The second-order valence-electron chi connectivity index (χ2n) is 3.32. The lowest BCUT2D eigenvalue weighted by Crippen LogP contribution is -2.35. The molecule has 2 atom stereocenters. The van der Waals surface area contributed by atoms with Crippen LogP contribution >= 0.6 is 11.8 Å². The topological polar surface area (TPSA) is 61.2 Å². The zero-order valence-corrected chi connectivity index (χ0v) is 9.94. The third-order valence-electron chi connectivity index (χ3n) is 2.43. The Hall–Kier alpha value is -0.250. The largest absolute Gasteiger partial charge is 0.230 e. The fourth-order valence-electron chi connectivity index (χ4n) is 1.41. The monoisotopic (exact) mass is 234 g/mol. The van der Waals surface area contributed by atoms with Crippen LogP contribution < -0.4 is 0 Å². The molecule has 1 heterocycles. The highest BCUT2D eigenvalue weighted by Crippen LogP contribution is 2.24. The average Bonchev–Trinajstić information content (AvgIpc) is 2.65. The second-order valence-corrected chi connectivity index (χ2v) is 6.71. The Bertz CT molecular complexity index is 334. The summed E-state index contributed by atoms with van der Waals surface area (Å²) in [7, 11) is -3.37. The Labute approximate surface area is 89.3 Å². The van der Waals surface area contributed by atoms with E-state index < -0.39 is 15.3 Å². The van der Waals surface area contributed by atoms with E-state index in [9.17, 15) is 8.42 Å². The lowest BCUT2D eigenvalue weighted by Gasteiger charge is -2.17. The molecule has 4 nitrogen and oxygen atoms in total. The maximum Gasteiger partial charge on any atom is 0.230 e. The van der Waals surface area contributed by atoms with Gasteiger partial charge in [-0.1, -0.05) is 0 Å². The molecule has 0 bridgehead atoms. The predicted octanol–water partition coefficient (Wildman–Crippen LogP) is 0.666. The first-order valence-electron chi connectivity index (χ1n) is 4.43. The van der Waals surface area contributed by atoms with Crippen LogP contribution in [0.15, 0.2) is 0 Å². The van der Waals surface area contributed by atoms with E-state index in [4.69, 9.17) is 5.26 Å². The van der Waals surface area contributed by atoms with Gasteiger partial charge in [0.1, 0.15) is 0 Å². The first kappa shape index (κ1) is 11.8. The first-order valence-corrected chi connectivity index (χ1v) is 7.23. The minimum absolute atomic E-state index is 0.385. The van der Waals surface area contributed by atoms with E-state index in [-0.39, 0.29) is 0 Å². The van der Waals surface area contributed by atoms with Crippen LogP contribution in [0.3, 0.4) is 0 Å². The summed E-state index contributed by atoms with van der Waals surface area (Å²) in [5.74, 6) is 0. The SMILES string of the molecule is CSC1CCN(S(=O)(=O)C(C)C#N)C1. The van der Waals surface area contributed by atoms with Crippen molar-refractivity contribution in [2.45, 2.75) is 23.8 Å². The summed E-state index contributed by atoms with van der Waals surface area (Å²) >= 11 is 1.68.